The summed E-state index contributed by atoms with van der Waals surface area (Å²) in [6.45, 7) is 8.96. The van der Waals surface area contributed by atoms with E-state index >= 15 is 0 Å². The lowest BCUT2D eigenvalue weighted by Crippen LogP contribution is -2.21. The van der Waals surface area contributed by atoms with Crippen molar-refractivity contribution in [3.8, 4) is 11.5 Å². The summed E-state index contributed by atoms with van der Waals surface area (Å²) in [6, 6.07) is 15.0. The number of hydrogen-bond acceptors (Lipinski definition) is 4. The van der Waals surface area contributed by atoms with Crippen LogP contribution < -0.4 is 20.1 Å². The third-order valence-corrected chi connectivity index (χ3v) is 3.36. The second kappa shape index (κ2) is 9.70. The maximum Gasteiger partial charge on any atom is 0.243 e. The van der Waals surface area contributed by atoms with Crippen molar-refractivity contribution in [1.29, 1.82) is 0 Å². The van der Waals surface area contributed by atoms with Gasteiger partial charge in [0.25, 0.3) is 0 Å². The molecule has 5 nitrogen and oxygen atoms in total. The monoisotopic (exact) mass is 356 g/mol. The molecule has 0 saturated carbocycles. The Morgan fingerprint density at radius 3 is 2.31 bits per heavy atom. The zero-order valence-corrected chi connectivity index (χ0v) is 15.9. The van der Waals surface area contributed by atoms with Gasteiger partial charge in [0.05, 0.1) is 19.3 Å². The number of nitrogens with one attached hydrogen (secondary N) is 2. The fraction of sp³-hybridized carbons (Fsp3) is 0.381. The number of hydrogen-bond donors (Lipinski definition) is 2. The minimum absolute atomic E-state index is 0.110. The average molecular weight is 356 g/mol. The van der Waals surface area contributed by atoms with Crippen molar-refractivity contribution >= 4 is 17.3 Å². The van der Waals surface area contributed by atoms with Crippen LogP contribution in [-0.2, 0) is 4.79 Å². The number of carbonyl (C=O) groups excluding carboxylic acids is 1. The van der Waals surface area contributed by atoms with E-state index in [1.54, 1.807) is 0 Å². The maximum absolute atomic E-state index is 12.2. The summed E-state index contributed by atoms with van der Waals surface area (Å²) in [5, 5.41) is 5.98. The average Bonchev–Trinajstić information content (AvgIpc) is 2.58. The maximum atomic E-state index is 12.2. The molecular formula is C21H28N2O3. The van der Waals surface area contributed by atoms with E-state index in [9.17, 15) is 4.79 Å². The third-order valence-electron chi connectivity index (χ3n) is 3.36. The van der Waals surface area contributed by atoms with E-state index < -0.39 is 0 Å². The molecular weight excluding hydrogens is 328 g/mol. The Morgan fingerprint density at radius 1 is 0.962 bits per heavy atom. The molecule has 0 saturated heterocycles. The van der Waals surface area contributed by atoms with Crippen molar-refractivity contribution in [1.82, 2.24) is 0 Å². The fourth-order valence-electron chi connectivity index (χ4n) is 2.27. The van der Waals surface area contributed by atoms with Crippen LogP contribution in [0.1, 0.15) is 27.7 Å². The first-order chi connectivity index (χ1) is 12.4. The second-order valence-corrected chi connectivity index (χ2v) is 6.83. The Hall–Kier alpha value is -2.69. The lowest BCUT2D eigenvalue weighted by Gasteiger charge is -2.13. The second-order valence-electron chi connectivity index (χ2n) is 6.83. The zero-order chi connectivity index (χ0) is 18.9. The van der Waals surface area contributed by atoms with Crippen LogP contribution in [0.15, 0.2) is 48.5 Å². The molecule has 2 aromatic rings. The highest BCUT2D eigenvalue weighted by molar-refractivity contribution is 5.93. The first-order valence-corrected chi connectivity index (χ1v) is 8.95. The van der Waals surface area contributed by atoms with E-state index in [4.69, 9.17) is 9.47 Å². The molecule has 0 fully saturated rings. The summed E-state index contributed by atoms with van der Waals surface area (Å²) in [6.07, 6.45) is 0.110. The molecule has 5 heteroatoms. The van der Waals surface area contributed by atoms with Gasteiger partial charge in [0.15, 0.2) is 0 Å². The molecule has 0 aliphatic carbocycles. The van der Waals surface area contributed by atoms with E-state index in [-0.39, 0.29) is 18.6 Å². The molecule has 1 amide bonds. The molecule has 0 heterocycles. The number of ether oxygens (including phenoxy) is 2. The smallest absolute Gasteiger partial charge is 0.243 e. The van der Waals surface area contributed by atoms with Crippen molar-refractivity contribution < 1.29 is 14.3 Å². The number of amides is 1. The lowest BCUT2D eigenvalue weighted by atomic mass is 10.2. The van der Waals surface area contributed by atoms with E-state index in [1.165, 1.54) is 0 Å². The summed E-state index contributed by atoms with van der Waals surface area (Å²) in [7, 11) is 0. The Bertz CT molecular complexity index is 714. The fourth-order valence-corrected chi connectivity index (χ4v) is 2.27. The highest BCUT2D eigenvalue weighted by Crippen LogP contribution is 2.19. The molecule has 0 spiro atoms. The topological polar surface area (TPSA) is 59.6 Å². The SMILES string of the molecule is CC(C)COc1cccc(NC(=O)CNc2cccc(OC(C)C)c2)c1. The first-order valence-electron chi connectivity index (χ1n) is 8.95. The van der Waals surface area contributed by atoms with Gasteiger partial charge >= 0.3 is 0 Å². The van der Waals surface area contributed by atoms with Gasteiger partial charge in [-0.25, -0.2) is 0 Å². The minimum Gasteiger partial charge on any atom is -0.493 e. The standard InChI is InChI=1S/C21H28N2O3/c1-15(2)14-25-19-9-6-8-18(12-19)23-21(24)13-22-17-7-5-10-20(11-17)26-16(3)4/h5-12,15-16,22H,13-14H2,1-4H3,(H,23,24). The molecule has 26 heavy (non-hydrogen) atoms. The van der Waals surface area contributed by atoms with Gasteiger partial charge in [-0.3, -0.25) is 4.79 Å². The molecule has 2 N–H and O–H groups in total. The van der Waals surface area contributed by atoms with Gasteiger partial charge in [0, 0.05) is 23.5 Å². The Balaban J connectivity index is 1.86. The number of carbonyl (C=O) groups is 1. The highest BCUT2D eigenvalue weighted by atomic mass is 16.5. The Morgan fingerprint density at radius 2 is 1.62 bits per heavy atom. The molecule has 2 aromatic carbocycles. The largest absolute Gasteiger partial charge is 0.493 e. The van der Waals surface area contributed by atoms with Gasteiger partial charge in [0.2, 0.25) is 5.91 Å². The Labute approximate surface area is 155 Å². The molecule has 0 radical (unpaired) electrons. The Kier molecular flexibility index (Phi) is 7.33. The number of rotatable bonds is 9. The molecule has 0 atom stereocenters. The van der Waals surface area contributed by atoms with E-state index in [2.05, 4.69) is 24.5 Å². The van der Waals surface area contributed by atoms with Crippen LogP contribution in [0, 0.1) is 5.92 Å². The van der Waals surface area contributed by atoms with Crippen molar-refractivity contribution in [3.63, 3.8) is 0 Å². The highest BCUT2D eigenvalue weighted by Gasteiger charge is 2.05. The van der Waals surface area contributed by atoms with Crippen LogP contribution in [0.2, 0.25) is 0 Å². The van der Waals surface area contributed by atoms with Crippen LogP contribution >= 0.6 is 0 Å². The summed E-state index contributed by atoms with van der Waals surface area (Å²) in [4.78, 5) is 12.2. The van der Waals surface area contributed by atoms with Crippen LogP contribution in [0.3, 0.4) is 0 Å². The summed E-state index contributed by atoms with van der Waals surface area (Å²) >= 11 is 0. The molecule has 0 aromatic heterocycles. The lowest BCUT2D eigenvalue weighted by molar-refractivity contribution is -0.114. The zero-order valence-electron chi connectivity index (χ0n) is 15.9. The minimum atomic E-state index is -0.124. The van der Waals surface area contributed by atoms with Gasteiger partial charge in [-0.05, 0) is 44.0 Å². The van der Waals surface area contributed by atoms with E-state index in [1.807, 2.05) is 62.4 Å². The first kappa shape index (κ1) is 19.6. The van der Waals surface area contributed by atoms with Crippen molar-refractivity contribution in [3.05, 3.63) is 48.5 Å². The van der Waals surface area contributed by atoms with Crippen LogP contribution in [-0.4, -0.2) is 25.2 Å². The predicted octanol–water partition coefficient (Wildman–Crippen LogP) is 4.56. The molecule has 0 aliphatic rings. The van der Waals surface area contributed by atoms with Crippen LogP contribution in [0.25, 0.3) is 0 Å². The third kappa shape index (κ3) is 7.05. The van der Waals surface area contributed by atoms with Crippen molar-refractivity contribution in [2.45, 2.75) is 33.8 Å². The van der Waals surface area contributed by atoms with Gasteiger partial charge in [-0.15, -0.1) is 0 Å². The molecule has 0 aliphatic heterocycles. The summed E-state index contributed by atoms with van der Waals surface area (Å²) < 4.78 is 11.3. The van der Waals surface area contributed by atoms with E-state index in [0.29, 0.717) is 12.5 Å². The number of anilines is 2. The van der Waals surface area contributed by atoms with Crippen molar-refractivity contribution in [2.24, 2.45) is 5.92 Å². The van der Waals surface area contributed by atoms with Gasteiger partial charge in [-0.2, -0.15) is 0 Å². The predicted molar refractivity (Wildman–Crippen MR) is 106 cm³/mol. The van der Waals surface area contributed by atoms with Crippen LogP contribution in [0.4, 0.5) is 11.4 Å². The van der Waals surface area contributed by atoms with Crippen molar-refractivity contribution in [2.75, 3.05) is 23.8 Å². The molecule has 0 unspecified atom stereocenters. The van der Waals surface area contributed by atoms with E-state index in [0.717, 1.165) is 22.9 Å². The van der Waals surface area contributed by atoms with Gasteiger partial charge < -0.3 is 20.1 Å². The number of benzene rings is 2. The molecule has 2 rings (SSSR count). The van der Waals surface area contributed by atoms with Crippen LogP contribution in [0.5, 0.6) is 11.5 Å². The van der Waals surface area contributed by atoms with Gasteiger partial charge in [0.1, 0.15) is 11.5 Å². The molecule has 140 valence electrons. The quantitative estimate of drug-likeness (QED) is 0.691. The molecule has 0 bridgehead atoms. The van der Waals surface area contributed by atoms with Gasteiger partial charge in [-0.1, -0.05) is 26.0 Å². The normalized spacial score (nSPS) is 10.7. The summed E-state index contributed by atoms with van der Waals surface area (Å²) in [5.41, 5.74) is 1.56. The summed E-state index contributed by atoms with van der Waals surface area (Å²) in [5.74, 6) is 1.86.